The van der Waals surface area contributed by atoms with Gasteiger partial charge < -0.3 is 9.67 Å². The molecule has 152 valence electrons. The number of rotatable bonds is 8. The second-order valence-corrected chi connectivity index (χ2v) is 8.71. The van der Waals surface area contributed by atoms with Crippen LogP contribution in [0.5, 0.6) is 0 Å². The first-order chi connectivity index (χ1) is 13.9. The van der Waals surface area contributed by atoms with Gasteiger partial charge >= 0.3 is 5.97 Å². The lowest BCUT2D eigenvalue weighted by Crippen LogP contribution is -2.29. The molecule has 3 rings (SSSR count). The molecule has 1 saturated heterocycles. The van der Waals surface area contributed by atoms with Gasteiger partial charge in [-0.1, -0.05) is 48.6 Å². The summed E-state index contributed by atoms with van der Waals surface area (Å²) in [5, 5.41) is 8.70. The summed E-state index contributed by atoms with van der Waals surface area (Å²) in [7, 11) is 0. The topological polar surface area (TPSA) is 62.5 Å². The number of hydrogen-bond acceptors (Lipinski definition) is 4. The molecule has 1 N–H and O–H groups in total. The number of thioether (sulfide) groups is 1. The van der Waals surface area contributed by atoms with Gasteiger partial charge in [-0.25, -0.2) is 0 Å². The summed E-state index contributed by atoms with van der Waals surface area (Å²) in [6.45, 7) is 4.64. The minimum atomic E-state index is -0.786. The number of thiocarbonyl (C=S) groups is 1. The lowest BCUT2D eigenvalue weighted by molar-refractivity contribution is -0.137. The van der Waals surface area contributed by atoms with Crippen LogP contribution in [-0.4, -0.2) is 37.3 Å². The average molecular weight is 429 g/mol. The summed E-state index contributed by atoms with van der Waals surface area (Å²) >= 11 is 6.73. The molecule has 7 heteroatoms. The highest BCUT2D eigenvalue weighted by Gasteiger charge is 2.31. The molecule has 1 aromatic heterocycles. The molecule has 5 nitrogen and oxygen atoms in total. The molecule has 2 heterocycles. The molecular weight excluding hydrogens is 404 g/mol. The van der Waals surface area contributed by atoms with Crippen molar-refractivity contribution in [3.8, 4) is 5.69 Å². The third kappa shape index (κ3) is 4.97. The first-order valence-corrected chi connectivity index (χ1v) is 10.8. The zero-order chi connectivity index (χ0) is 21.0. The van der Waals surface area contributed by atoms with Crippen molar-refractivity contribution in [2.75, 3.05) is 6.54 Å². The van der Waals surface area contributed by atoms with Crippen LogP contribution < -0.4 is 0 Å². The summed E-state index contributed by atoms with van der Waals surface area (Å²) in [4.78, 5) is 25.7. The fraction of sp³-hybridized carbons (Fsp3) is 0.318. The van der Waals surface area contributed by atoms with Crippen molar-refractivity contribution in [3.63, 3.8) is 0 Å². The third-order valence-corrected chi connectivity index (χ3v) is 6.30. The van der Waals surface area contributed by atoms with Crippen LogP contribution in [-0.2, 0) is 9.59 Å². The molecule has 0 aliphatic carbocycles. The Labute approximate surface area is 180 Å². The average Bonchev–Trinajstić information content (AvgIpc) is 3.11. The molecule has 1 fully saturated rings. The smallest absolute Gasteiger partial charge is 0.303 e. The summed E-state index contributed by atoms with van der Waals surface area (Å²) in [6.07, 6.45) is 4.21. The Kier molecular flexibility index (Phi) is 6.92. The van der Waals surface area contributed by atoms with Crippen LogP contribution in [0.25, 0.3) is 11.8 Å². The molecule has 0 bridgehead atoms. The van der Waals surface area contributed by atoms with E-state index in [1.807, 2.05) is 24.3 Å². The number of amides is 1. The van der Waals surface area contributed by atoms with Crippen LogP contribution in [0.3, 0.4) is 0 Å². The first-order valence-electron chi connectivity index (χ1n) is 9.60. The molecule has 29 heavy (non-hydrogen) atoms. The van der Waals surface area contributed by atoms with E-state index in [-0.39, 0.29) is 12.3 Å². The van der Waals surface area contributed by atoms with Gasteiger partial charge in [-0.3, -0.25) is 14.5 Å². The van der Waals surface area contributed by atoms with Crippen molar-refractivity contribution in [2.45, 2.75) is 39.5 Å². The largest absolute Gasteiger partial charge is 0.481 e. The van der Waals surface area contributed by atoms with Crippen LogP contribution in [0.2, 0.25) is 0 Å². The van der Waals surface area contributed by atoms with Crippen molar-refractivity contribution in [1.29, 1.82) is 0 Å². The predicted molar refractivity (Wildman–Crippen MR) is 121 cm³/mol. The van der Waals surface area contributed by atoms with E-state index in [0.717, 1.165) is 35.5 Å². The number of para-hydroxylation sites is 1. The highest BCUT2D eigenvalue weighted by atomic mass is 32.2. The van der Waals surface area contributed by atoms with Gasteiger partial charge in [-0.2, -0.15) is 0 Å². The second-order valence-electron chi connectivity index (χ2n) is 7.04. The van der Waals surface area contributed by atoms with Crippen molar-refractivity contribution in [2.24, 2.45) is 0 Å². The molecule has 1 aromatic carbocycles. The fourth-order valence-corrected chi connectivity index (χ4v) is 4.76. The number of hydrogen-bond donors (Lipinski definition) is 1. The van der Waals surface area contributed by atoms with Crippen LogP contribution in [0.15, 0.2) is 41.3 Å². The predicted octanol–water partition coefficient (Wildman–Crippen LogP) is 4.94. The lowest BCUT2D eigenvalue weighted by atomic mass is 10.2. The molecule has 0 radical (unpaired) electrons. The van der Waals surface area contributed by atoms with E-state index < -0.39 is 5.97 Å². The maximum absolute atomic E-state index is 12.8. The van der Waals surface area contributed by atoms with Gasteiger partial charge in [0.15, 0.2) is 0 Å². The van der Waals surface area contributed by atoms with E-state index in [1.54, 1.807) is 4.90 Å². The Morgan fingerprint density at radius 1 is 1.17 bits per heavy atom. The Balaban J connectivity index is 1.72. The van der Waals surface area contributed by atoms with Crippen LogP contribution in [0.4, 0.5) is 0 Å². The van der Waals surface area contributed by atoms with Gasteiger partial charge in [-0.15, -0.1) is 0 Å². The van der Waals surface area contributed by atoms with Crippen LogP contribution in [0.1, 0.15) is 42.6 Å². The molecule has 0 unspecified atom stereocenters. The van der Waals surface area contributed by atoms with Gasteiger partial charge in [0.1, 0.15) is 4.32 Å². The number of aryl methyl sites for hydroxylation is 1. The van der Waals surface area contributed by atoms with Crippen LogP contribution >= 0.6 is 24.0 Å². The number of nitrogens with zero attached hydrogens (tertiary/aromatic N) is 2. The van der Waals surface area contributed by atoms with Gasteiger partial charge in [0, 0.05) is 30.0 Å². The molecule has 1 amide bonds. The van der Waals surface area contributed by atoms with E-state index in [2.05, 4.69) is 36.6 Å². The monoisotopic (exact) mass is 428 g/mol. The molecule has 1 aliphatic rings. The number of carboxylic acids is 1. The van der Waals surface area contributed by atoms with Gasteiger partial charge in [0.25, 0.3) is 5.91 Å². The van der Waals surface area contributed by atoms with Gasteiger partial charge in [0.05, 0.1) is 4.91 Å². The highest BCUT2D eigenvalue weighted by Crippen LogP contribution is 2.34. The quantitative estimate of drug-likeness (QED) is 0.367. The minimum Gasteiger partial charge on any atom is -0.481 e. The zero-order valence-corrected chi connectivity index (χ0v) is 18.2. The van der Waals surface area contributed by atoms with E-state index in [4.69, 9.17) is 17.3 Å². The Morgan fingerprint density at radius 3 is 2.59 bits per heavy atom. The van der Waals surface area contributed by atoms with E-state index in [1.165, 1.54) is 11.8 Å². The fourth-order valence-electron chi connectivity index (χ4n) is 3.47. The molecular formula is C22H24N2O3S2. The molecule has 0 saturated carbocycles. The third-order valence-electron chi connectivity index (χ3n) is 4.92. The molecule has 0 atom stereocenters. The van der Waals surface area contributed by atoms with Gasteiger partial charge in [0.2, 0.25) is 0 Å². The summed E-state index contributed by atoms with van der Waals surface area (Å²) in [5.41, 5.74) is 4.28. The Hall–Kier alpha value is -2.38. The Bertz CT molecular complexity index is 964. The number of carbonyl (C=O) groups excluding carboxylic acids is 1. The Morgan fingerprint density at radius 2 is 1.90 bits per heavy atom. The summed E-state index contributed by atoms with van der Waals surface area (Å²) < 4.78 is 2.74. The normalized spacial score (nSPS) is 15.5. The first kappa shape index (κ1) is 21.3. The number of unbranched alkanes of at least 4 members (excludes halogenated alkanes) is 2. The van der Waals surface area contributed by atoms with Gasteiger partial charge in [-0.05, 0) is 56.5 Å². The molecule has 0 spiro atoms. The van der Waals surface area contributed by atoms with E-state index in [0.29, 0.717) is 22.2 Å². The number of aliphatic carboxylic acids is 1. The maximum atomic E-state index is 12.8. The highest BCUT2D eigenvalue weighted by molar-refractivity contribution is 8.26. The minimum absolute atomic E-state index is 0.0669. The van der Waals surface area contributed by atoms with E-state index >= 15 is 0 Å². The molecule has 2 aromatic rings. The number of carbonyl (C=O) groups is 2. The lowest BCUT2D eigenvalue weighted by Gasteiger charge is -2.13. The number of aromatic nitrogens is 1. The van der Waals surface area contributed by atoms with E-state index in [9.17, 15) is 9.59 Å². The SMILES string of the molecule is Cc1cc(/C=C2/SC(=S)N(CCCCCC(=O)O)C2=O)c(C)n1-c1ccccc1. The number of carboxylic acid groups (broad SMARTS) is 1. The summed E-state index contributed by atoms with van der Waals surface area (Å²) in [5.74, 6) is -0.852. The maximum Gasteiger partial charge on any atom is 0.303 e. The van der Waals surface area contributed by atoms with Crippen molar-refractivity contribution < 1.29 is 14.7 Å². The van der Waals surface area contributed by atoms with Crippen molar-refractivity contribution in [3.05, 3.63) is 58.3 Å². The standard InChI is InChI=1S/C22H24N2O3S2/c1-15-13-17(16(2)24(15)18-9-5-3-6-10-18)14-19-21(27)23(22(28)29-19)12-8-4-7-11-20(25)26/h3,5-6,9-10,13-14H,4,7-8,11-12H2,1-2H3,(H,25,26)/b19-14+. The second kappa shape index (κ2) is 9.41. The van der Waals surface area contributed by atoms with Crippen molar-refractivity contribution >= 4 is 46.3 Å². The van der Waals surface area contributed by atoms with Crippen LogP contribution in [0, 0.1) is 13.8 Å². The summed E-state index contributed by atoms with van der Waals surface area (Å²) in [6, 6.07) is 12.2. The zero-order valence-electron chi connectivity index (χ0n) is 16.6. The van der Waals surface area contributed by atoms with Crippen molar-refractivity contribution in [1.82, 2.24) is 9.47 Å². The number of benzene rings is 1. The molecule has 1 aliphatic heterocycles.